The van der Waals surface area contributed by atoms with Gasteiger partial charge in [-0.3, -0.25) is 5.43 Å². The van der Waals surface area contributed by atoms with Crippen LogP contribution in [-0.4, -0.2) is 24.4 Å². The molecular formula is C6H14N4S. The van der Waals surface area contributed by atoms with Gasteiger partial charge in [0.2, 0.25) is 0 Å². The minimum atomic E-state index is 0.542. The van der Waals surface area contributed by atoms with Crippen molar-refractivity contribution < 1.29 is 0 Å². The second kappa shape index (κ2) is 7.43. The van der Waals surface area contributed by atoms with Crippen LogP contribution in [0.25, 0.3) is 0 Å². The number of hydrogen-bond donors (Lipinski definition) is 3. The first-order valence-corrected chi connectivity index (χ1v) is 3.97. The molecule has 0 fully saturated rings. The number of nitrogens with zero attached hydrogens (tertiary/aromatic N) is 1. The summed E-state index contributed by atoms with van der Waals surface area (Å²) in [6, 6.07) is 0. The lowest BCUT2D eigenvalue weighted by Crippen LogP contribution is -2.31. The predicted molar refractivity (Wildman–Crippen MR) is 51.6 cm³/mol. The number of thiocarbonyl (C=S) groups is 1. The molecule has 0 aliphatic rings. The maximum Gasteiger partial charge on any atom is 0.186 e. The molecule has 11 heavy (non-hydrogen) atoms. The molecule has 4 nitrogen and oxygen atoms in total. The molecule has 0 atom stereocenters. The van der Waals surface area contributed by atoms with E-state index in [1.165, 1.54) is 0 Å². The first kappa shape index (κ1) is 10.3. The highest BCUT2D eigenvalue weighted by Crippen LogP contribution is 1.68. The Morgan fingerprint density at radius 3 is 3.00 bits per heavy atom. The molecular weight excluding hydrogens is 160 g/mol. The largest absolute Gasteiger partial charge is 0.362 e. The smallest absolute Gasteiger partial charge is 0.186 e. The van der Waals surface area contributed by atoms with Gasteiger partial charge in [-0.1, -0.05) is 0 Å². The fourth-order valence-corrected chi connectivity index (χ4v) is 0.640. The van der Waals surface area contributed by atoms with E-state index >= 15 is 0 Å². The van der Waals surface area contributed by atoms with Crippen molar-refractivity contribution in [2.24, 2.45) is 10.8 Å². The summed E-state index contributed by atoms with van der Waals surface area (Å²) in [4.78, 5) is 0. The molecule has 0 amide bonds. The third-order valence-electron chi connectivity index (χ3n) is 0.890. The van der Waals surface area contributed by atoms with Crippen LogP contribution in [0.3, 0.4) is 0 Å². The molecule has 0 heterocycles. The Balaban J connectivity index is 3.29. The first-order chi connectivity index (χ1) is 5.31. The van der Waals surface area contributed by atoms with E-state index in [0.717, 1.165) is 13.0 Å². The molecule has 0 aliphatic heterocycles. The van der Waals surface area contributed by atoms with Crippen molar-refractivity contribution in [2.75, 3.05) is 13.1 Å². The second-order valence-corrected chi connectivity index (χ2v) is 2.27. The number of rotatable bonds is 4. The third kappa shape index (κ3) is 7.21. The van der Waals surface area contributed by atoms with Crippen molar-refractivity contribution in [2.45, 2.75) is 13.3 Å². The molecule has 0 aromatic rings. The zero-order chi connectivity index (χ0) is 8.53. The average molecular weight is 174 g/mol. The van der Waals surface area contributed by atoms with Crippen molar-refractivity contribution >= 4 is 23.5 Å². The second-order valence-electron chi connectivity index (χ2n) is 1.86. The highest BCUT2D eigenvalue weighted by molar-refractivity contribution is 7.80. The molecule has 5 heteroatoms. The van der Waals surface area contributed by atoms with Gasteiger partial charge >= 0.3 is 0 Å². The first-order valence-electron chi connectivity index (χ1n) is 3.56. The summed E-state index contributed by atoms with van der Waals surface area (Å²) in [5.41, 5.74) is 7.89. The van der Waals surface area contributed by atoms with Gasteiger partial charge in [-0.25, -0.2) is 0 Å². The van der Waals surface area contributed by atoms with Crippen LogP contribution in [0.1, 0.15) is 13.3 Å². The maximum absolute atomic E-state index is 5.24. The van der Waals surface area contributed by atoms with Gasteiger partial charge < -0.3 is 11.1 Å². The monoisotopic (exact) mass is 174 g/mol. The summed E-state index contributed by atoms with van der Waals surface area (Å²) in [6.45, 7) is 3.38. The van der Waals surface area contributed by atoms with Crippen molar-refractivity contribution in [3.05, 3.63) is 0 Å². The van der Waals surface area contributed by atoms with E-state index in [2.05, 4.69) is 15.8 Å². The Bertz CT molecular complexity index is 135. The van der Waals surface area contributed by atoms with Crippen molar-refractivity contribution in [3.8, 4) is 0 Å². The molecule has 4 N–H and O–H groups in total. The van der Waals surface area contributed by atoms with Crippen molar-refractivity contribution in [1.82, 2.24) is 10.7 Å². The van der Waals surface area contributed by atoms with Crippen LogP contribution in [0.4, 0.5) is 0 Å². The van der Waals surface area contributed by atoms with Crippen molar-refractivity contribution in [3.63, 3.8) is 0 Å². The molecule has 0 saturated heterocycles. The van der Waals surface area contributed by atoms with Gasteiger partial charge in [-0.15, -0.1) is 0 Å². The normalized spacial score (nSPS) is 10.0. The quantitative estimate of drug-likeness (QED) is 0.314. The fourth-order valence-electron chi connectivity index (χ4n) is 0.443. The lowest BCUT2D eigenvalue weighted by Gasteiger charge is -2.01. The summed E-state index contributed by atoms with van der Waals surface area (Å²) in [5, 5.41) is 7.26. The van der Waals surface area contributed by atoms with Gasteiger partial charge in [0.05, 0.1) is 0 Å². The standard InChI is InChI=1S/C6H14N4S/c1-2-8-6(11)10-9-5-3-4-7/h5H,2-4,7H2,1H3,(H2,8,10,11). The topological polar surface area (TPSA) is 62.4 Å². The molecule has 0 saturated carbocycles. The van der Waals surface area contributed by atoms with E-state index in [1.807, 2.05) is 6.92 Å². The Kier molecular flexibility index (Phi) is 6.97. The zero-order valence-corrected chi connectivity index (χ0v) is 7.45. The highest BCUT2D eigenvalue weighted by Gasteiger charge is 1.85. The molecule has 0 spiro atoms. The molecule has 0 aromatic heterocycles. The molecule has 0 aliphatic carbocycles. The minimum Gasteiger partial charge on any atom is -0.362 e. The highest BCUT2D eigenvalue weighted by atomic mass is 32.1. The molecule has 0 rings (SSSR count). The Hall–Kier alpha value is -0.680. The Morgan fingerprint density at radius 2 is 2.45 bits per heavy atom. The van der Waals surface area contributed by atoms with Gasteiger partial charge in [-0.2, -0.15) is 5.10 Å². The number of nitrogens with two attached hydrogens (primary N) is 1. The number of nitrogens with one attached hydrogen (secondary N) is 2. The lowest BCUT2D eigenvalue weighted by molar-refractivity contribution is 0.898. The molecule has 0 radical (unpaired) electrons. The van der Waals surface area contributed by atoms with E-state index in [9.17, 15) is 0 Å². The average Bonchev–Trinajstić information content (AvgIpc) is 1.99. The van der Waals surface area contributed by atoms with Gasteiger partial charge in [0.15, 0.2) is 5.11 Å². The van der Waals surface area contributed by atoms with Crippen LogP contribution in [0.2, 0.25) is 0 Å². The summed E-state index contributed by atoms with van der Waals surface area (Å²) in [5.74, 6) is 0. The summed E-state index contributed by atoms with van der Waals surface area (Å²) in [6.07, 6.45) is 2.46. The lowest BCUT2D eigenvalue weighted by atomic mass is 10.5. The predicted octanol–water partition coefficient (Wildman–Crippen LogP) is -0.195. The van der Waals surface area contributed by atoms with Crippen LogP contribution < -0.4 is 16.5 Å². The Labute approximate surface area is 72.2 Å². The SMILES string of the molecule is CCNC(=S)NN=CCCN. The maximum atomic E-state index is 5.24. The van der Waals surface area contributed by atoms with E-state index < -0.39 is 0 Å². The number of hydrogen-bond acceptors (Lipinski definition) is 3. The van der Waals surface area contributed by atoms with Gasteiger partial charge in [-0.05, 0) is 32.1 Å². The third-order valence-corrected chi connectivity index (χ3v) is 1.13. The van der Waals surface area contributed by atoms with E-state index in [0.29, 0.717) is 11.7 Å². The van der Waals surface area contributed by atoms with Gasteiger partial charge in [0.25, 0.3) is 0 Å². The summed E-state index contributed by atoms with van der Waals surface area (Å²) >= 11 is 4.84. The van der Waals surface area contributed by atoms with Crippen LogP contribution in [0.15, 0.2) is 5.10 Å². The minimum absolute atomic E-state index is 0.542. The van der Waals surface area contributed by atoms with Crippen LogP contribution in [-0.2, 0) is 0 Å². The molecule has 0 unspecified atom stereocenters. The van der Waals surface area contributed by atoms with Crippen LogP contribution in [0, 0.1) is 0 Å². The van der Waals surface area contributed by atoms with Gasteiger partial charge in [0.1, 0.15) is 0 Å². The molecule has 0 bridgehead atoms. The van der Waals surface area contributed by atoms with Gasteiger partial charge in [0, 0.05) is 12.8 Å². The molecule has 64 valence electrons. The van der Waals surface area contributed by atoms with E-state index in [1.54, 1.807) is 6.21 Å². The summed E-state index contributed by atoms with van der Waals surface area (Å²) in [7, 11) is 0. The Morgan fingerprint density at radius 1 is 1.73 bits per heavy atom. The number of hydrazone groups is 1. The zero-order valence-electron chi connectivity index (χ0n) is 6.63. The fraction of sp³-hybridized carbons (Fsp3) is 0.667. The molecule has 0 aromatic carbocycles. The van der Waals surface area contributed by atoms with E-state index in [4.69, 9.17) is 18.0 Å². The van der Waals surface area contributed by atoms with Crippen LogP contribution >= 0.6 is 12.2 Å². The van der Waals surface area contributed by atoms with Crippen molar-refractivity contribution in [1.29, 1.82) is 0 Å². The van der Waals surface area contributed by atoms with Crippen LogP contribution in [0.5, 0.6) is 0 Å². The van der Waals surface area contributed by atoms with E-state index in [-0.39, 0.29) is 0 Å². The summed E-state index contributed by atoms with van der Waals surface area (Å²) < 4.78 is 0.